The average molecular weight is 1310 g/mol. The molecule has 37 nitrogen and oxygen atoms in total. The maximum absolute atomic E-state index is 14.4. The predicted octanol–water partition coefficient (Wildman–Crippen LogP) is -11.3. The molecule has 0 saturated carbocycles. The van der Waals surface area contributed by atoms with Gasteiger partial charge in [-0.05, 0) is 17.7 Å². The molecule has 12 bridgehead atoms. The summed E-state index contributed by atoms with van der Waals surface area (Å²) in [7, 11) is 1.50. The lowest BCUT2D eigenvalue weighted by atomic mass is 9.93. The minimum atomic E-state index is -2.26. The number of nitrogen functional groups attached to an aromatic ring is 1. The number of aliphatic hydroxyl groups is 17. The highest BCUT2D eigenvalue weighted by Crippen LogP contribution is 2.39. The molecule has 30 atom stereocenters. The van der Waals surface area contributed by atoms with Gasteiger partial charge in [-0.15, -0.1) is 0 Å². The molecule has 22 aliphatic rings. The standard InChI is InChI=1S/C54H78N4O33/c1-78-6-7-79-19-8-20(55)28-21(9-19)58(54(77)57-28)10-17-2-4-18(5-3-17)47(76)56-29-30(65)48-80-22(11-59)41(29)86-49-36(71)31(66)43(24(13-61)81-49)88-51-38(73)33(68)45(26(15-63)83-51)90-53-40(75)35(70)46(27(16-64)85-53)91-52-39(74)34(69)44(25(14-62)84-52)89-50-37(72)32(67)42(87-48)23(12-60)82-50/h2-5,8-9,22-27,29-46,48-53,59-75H,6-7,10-16,55H2,1H3,(H,56,76)(H,57,77)/t22-,23-,24-,25-,26-,27-,29+,30+,31-,32-,33-,34-,35-,36-,37-,38-,39-,40-,41-,42-,43-,44-,45-,46-,48-,49-,50-,51-,52-,53-/m1/s1. The highest BCUT2D eigenvalue weighted by atomic mass is 16.8. The monoisotopic (exact) mass is 1310 g/mol. The molecule has 512 valence electrons. The number of nitrogens with one attached hydrogen (secondary N) is 2. The van der Waals surface area contributed by atoms with Crippen LogP contribution < -0.4 is 21.5 Å². The van der Waals surface area contributed by atoms with Gasteiger partial charge in [-0.25, -0.2) is 4.79 Å². The third-order valence-corrected chi connectivity index (χ3v) is 17.0. The number of nitrogens with two attached hydrogens (primary N) is 1. The summed E-state index contributed by atoms with van der Waals surface area (Å²) in [5.41, 5.74) is 7.07. The zero-order chi connectivity index (χ0) is 65.4. The zero-order valence-corrected chi connectivity index (χ0v) is 48.3. The van der Waals surface area contributed by atoms with E-state index in [2.05, 4.69) is 10.3 Å². The lowest BCUT2D eigenvalue weighted by Crippen LogP contribution is -2.70. The van der Waals surface area contributed by atoms with Gasteiger partial charge in [0, 0.05) is 24.8 Å². The van der Waals surface area contributed by atoms with E-state index in [1.807, 2.05) is 0 Å². The van der Waals surface area contributed by atoms with Crippen LogP contribution in [0.3, 0.4) is 0 Å². The molecule has 21 N–H and O–H groups in total. The first kappa shape index (κ1) is 69.4. The molecule has 91 heavy (non-hydrogen) atoms. The molecule has 23 heterocycles. The highest BCUT2D eigenvalue weighted by molar-refractivity contribution is 5.94. The van der Waals surface area contributed by atoms with Crippen LogP contribution >= 0.6 is 0 Å². The van der Waals surface area contributed by atoms with Crippen molar-refractivity contribution in [2.45, 2.75) is 191 Å². The van der Waals surface area contributed by atoms with E-state index < -0.39 is 235 Å². The third kappa shape index (κ3) is 14.0. The molecule has 22 fully saturated rings. The fraction of sp³-hybridized carbons (Fsp3) is 0.741. The van der Waals surface area contributed by atoms with E-state index in [1.165, 1.54) is 35.9 Å². The van der Waals surface area contributed by atoms with Crippen LogP contribution in [-0.4, -0.2) is 346 Å². The van der Waals surface area contributed by atoms with Gasteiger partial charge in [0.25, 0.3) is 5.91 Å². The number of anilines is 1. The van der Waals surface area contributed by atoms with Gasteiger partial charge in [0.2, 0.25) is 0 Å². The summed E-state index contributed by atoms with van der Waals surface area (Å²) in [5, 5.41) is 194. The molecule has 25 rings (SSSR count). The van der Waals surface area contributed by atoms with Crippen molar-refractivity contribution >= 4 is 22.6 Å². The number of methoxy groups -OCH3 is 1. The Hall–Kier alpha value is -4.42. The second kappa shape index (κ2) is 29.7. The molecular weight excluding hydrogens is 1230 g/mol. The maximum atomic E-state index is 14.4. The number of aromatic nitrogens is 2. The summed E-state index contributed by atoms with van der Waals surface area (Å²) < 4.78 is 82.3. The number of nitrogens with zero attached hydrogens (tertiary/aromatic N) is 1. The van der Waals surface area contributed by atoms with E-state index in [4.69, 9.17) is 72.0 Å². The predicted molar refractivity (Wildman–Crippen MR) is 291 cm³/mol. The Kier molecular flexibility index (Phi) is 22.7. The Morgan fingerprint density at radius 2 is 0.824 bits per heavy atom. The van der Waals surface area contributed by atoms with E-state index in [0.717, 1.165) is 0 Å². The number of amides is 1. The van der Waals surface area contributed by atoms with Crippen LogP contribution in [0.1, 0.15) is 15.9 Å². The van der Waals surface area contributed by atoms with E-state index in [9.17, 15) is 96.4 Å². The van der Waals surface area contributed by atoms with Gasteiger partial charge in [-0.3, -0.25) is 9.36 Å². The van der Waals surface area contributed by atoms with Gasteiger partial charge in [0.1, 0.15) is 153 Å². The number of H-pyrrole nitrogens is 1. The lowest BCUT2D eigenvalue weighted by molar-refractivity contribution is -0.401. The summed E-state index contributed by atoms with van der Waals surface area (Å²) in [4.78, 5) is 30.4. The van der Waals surface area contributed by atoms with Crippen molar-refractivity contribution < 1.29 is 158 Å². The van der Waals surface area contributed by atoms with E-state index in [-0.39, 0.29) is 31.0 Å². The Morgan fingerprint density at radius 3 is 1.18 bits per heavy atom. The van der Waals surface area contributed by atoms with Crippen LogP contribution in [0, 0.1) is 0 Å². The number of aromatic amines is 1. The Balaban J connectivity index is 0.954. The van der Waals surface area contributed by atoms with Gasteiger partial charge in [0.15, 0.2) is 37.7 Å². The van der Waals surface area contributed by atoms with Crippen molar-refractivity contribution in [1.82, 2.24) is 14.9 Å². The Labute approximate surface area is 514 Å². The molecule has 37 heteroatoms. The summed E-state index contributed by atoms with van der Waals surface area (Å²) in [6.07, 6.45) is -58.5. The molecule has 22 saturated heterocycles. The van der Waals surface area contributed by atoms with Crippen LogP contribution in [-0.2, 0) is 68.1 Å². The van der Waals surface area contributed by atoms with Crippen molar-refractivity contribution in [1.29, 1.82) is 0 Å². The molecule has 0 unspecified atom stereocenters. The normalized spacial score (nSPS) is 43.3. The fourth-order valence-electron chi connectivity index (χ4n) is 12.0. The van der Waals surface area contributed by atoms with Gasteiger partial charge >= 0.3 is 5.69 Å². The van der Waals surface area contributed by atoms with E-state index in [1.54, 1.807) is 12.1 Å². The highest BCUT2D eigenvalue weighted by Gasteiger charge is 2.59. The van der Waals surface area contributed by atoms with Gasteiger partial charge in [-0.2, -0.15) is 0 Å². The van der Waals surface area contributed by atoms with Crippen LogP contribution in [0.4, 0.5) is 5.69 Å². The second-order valence-corrected chi connectivity index (χ2v) is 22.8. The topological polar surface area (TPSA) is 566 Å². The van der Waals surface area contributed by atoms with Crippen LogP contribution in [0.5, 0.6) is 5.75 Å². The third-order valence-electron chi connectivity index (χ3n) is 17.0. The van der Waals surface area contributed by atoms with Crippen LogP contribution in [0.2, 0.25) is 0 Å². The number of aliphatic hydroxyl groups excluding tert-OH is 17. The van der Waals surface area contributed by atoms with Gasteiger partial charge in [-0.1, -0.05) is 12.1 Å². The van der Waals surface area contributed by atoms with Gasteiger partial charge < -0.3 is 169 Å². The Bertz CT molecular complexity index is 2900. The largest absolute Gasteiger partial charge is 0.491 e. The molecule has 0 aliphatic carbocycles. The second-order valence-electron chi connectivity index (χ2n) is 22.8. The molecule has 3 aromatic rings. The minimum absolute atomic E-state index is 0.0489. The quantitative estimate of drug-likeness (QED) is 0.0526. The summed E-state index contributed by atoms with van der Waals surface area (Å²) in [5.74, 6) is -0.605. The van der Waals surface area contributed by atoms with Crippen LogP contribution in [0.25, 0.3) is 11.0 Å². The number of fused-ring (bicyclic) bond motifs is 1. The SMILES string of the molecule is COCCOc1cc(N)c2[nH]c(=O)n(Cc3ccc(C(=O)N[C@H]4[C@H](O)[C@H]5O[C@H]6[C@H](O)[C@@H](O)[C@@H](O[C@H]7[C@H](O)[C@@H](O)[C@@H](O[C@H]8[C@H](O)[C@@H](O)[C@@H](O[C@H]9[C@H](O)[C@@H](O)[C@@H](O[C@H]%10[C@H](O)[C@@H](O)[C@@H](O[C@@H]4[C@@H](CO)O5)O[C@@H]%10CO)O[C@@H]9CO)O[C@@H]8CO)O[C@@H]7CO)O[C@@H]6CO)cc3)c2c1. The van der Waals surface area contributed by atoms with Crippen molar-refractivity contribution in [3.05, 3.63) is 58.0 Å². The minimum Gasteiger partial charge on any atom is -0.491 e. The zero-order valence-electron chi connectivity index (χ0n) is 48.3. The lowest BCUT2D eigenvalue weighted by Gasteiger charge is -2.51. The smallest absolute Gasteiger partial charge is 0.326 e. The number of imidazole rings is 1. The number of benzene rings is 2. The van der Waals surface area contributed by atoms with Crippen molar-refractivity contribution in [2.24, 2.45) is 0 Å². The number of hydrogen-bond donors (Lipinski definition) is 20. The molecular formula is C54H78N4O33. The van der Waals surface area contributed by atoms with E-state index >= 15 is 0 Å². The number of rotatable bonds is 14. The maximum Gasteiger partial charge on any atom is 0.326 e. The molecule has 22 aliphatic heterocycles. The number of carbonyl (C=O) groups is 1. The molecule has 1 aromatic heterocycles. The van der Waals surface area contributed by atoms with Gasteiger partial charge in [0.05, 0.1) is 75.6 Å². The fourth-order valence-corrected chi connectivity index (χ4v) is 12.0. The number of hydrogen-bond acceptors (Lipinski definition) is 34. The first-order chi connectivity index (χ1) is 43.6. The molecule has 2 aromatic carbocycles. The molecule has 0 spiro atoms. The molecule has 0 radical (unpaired) electrons. The first-order valence-corrected chi connectivity index (χ1v) is 29.1. The molecule has 1 amide bonds. The average Bonchev–Trinajstić information content (AvgIpc) is 1.64. The summed E-state index contributed by atoms with van der Waals surface area (Å²) >= 11 is 0. The summed E-state index contributed by atoms with van der Waals surface area (Å²) in [6.45, 7) is -5.91. The number of carbonyl (C=O) groups excluding carboxylic acids is 1. The van der Waals surface area contributed by atoms with Crippen molar-refractivity contribution in [3.8, 4) is 5.75 Å². The number of ether oxygens (including phenoxy) is 14. The van der Waals surface area contributed by atoms with E-state index in [0.29, 0.717) is 22.3 Å². The summed E-state index contributed by atoms with van der Waals surface area (Å²) in [6, 6.07) is 6.98. The van der Waals surface area contributed by atoms with Crippen molar-refractivity contribution in [2.75, 3.05) is 65.7 Å². The first-order valence-electron chi connectivity index (χ1n) is 29.1. The van der Waals surface area contributed by atoms with Crippen LogP contribution in [0.15, 0.2) is 41.2 Å². The van der Waals surface area contributed by atoms with Crippen molar-refractivity contribution in [3.63, 3.8) is 0 Å². The Morgan fingerprint density at radius 1 is 0.484 bits per heavy atom.